The van der Waals surface area contributed by atoms with Gasteiger partial charge < -0.3 is 15.0 Å². The topological polar surface area (TPSA) is 75.7 Å². The number of amides is 1. The molecule has 1 aliphatic heterocycles. The van der Waals surface area contributed by atoms with E-state index in [4.69, 9.17) is 4.74 Å². The van der Waals surface area contributed by atoms with E-state index in [1.54, 1.807) is 4.90 Å². The van der Waals surface area contributed by atoms with E-state index in [9.17, 15) is 27.6 Å². The number of alkyl halides is 3. The molecule has 0 saturated carbocycles. The van der Waals surface area contributed by atoms with Gasteiger partial charge in [-0.3, -0.25) is 14.4 Å². The number of ketones is 1. The average molecular weight is 438 g/mol. The Morgan fingerprint density at radius 1 is 1.13 bits per heavy atom. The molecular weight excluding hydrogens is 413 g/mol. The van der Waals surface area contributed by atoms with E-state index < -0.39 is 23.8 Å². The van der Waals surface area contributed by atoms with Gasteiger partial charge in [-0.25, -0.2) is 0 Å². The minimum Gasteiger partial charge on any atom is -0.455 e. The van der Waals surface area contributed by atoms with Gasteiger partial charge in [0.15, 0.2) is 6.61 Å². The van der Waals surface area contributed by atoms with Crippen molar-refractivity contribution in [3.63, 3.8) is 0 Å². The summed E-state index contributed by atoms with van der Waals surface area (Å²) in [6, 6.07) is 7.86. The van der Waals surface area contributed by atoms with Crippen molar-refractivity contribution in [3.05, 3.63) is 47.7 Å². The van der Waals surface area contributed by atoms with Gasteiger partial charge in [0.2, 0.25) is 0 Å². The number of benzene rings is 1. The number of nitrogens with one attached hydrogen (secondary N) is 1. The van der Waals surface area contributed by atoms with E-state index in [1.807, 2.05) is 24.3 Å². The second-order valence-electron chi connectivity index (χ2n) is 7.81. The van der Waals surface area contributed by atoms with Crippen LogP contribution in [-0.4, -0.2) is 48.4 Å². The van der Waals surface area contributed by atoms with E-state index >= 15 is 0 Å². The second-order valence-corrected chi connectivity index (χ2v) is 7.81. The summed E-state index contributed by atoms with van der Waals surface area (Å²) in [7, 11) is 0. The fraction of sp³-hybridized carbons (Fsp3) is 0.500. The van der Waals surface area contributed by atoms with Crippen molar-refractivity contribution < 1.29 is 32.3 Å². The summed E-state index contributed by atoms with van der Waals surface area (Å²) in [5, 5.41) is 2.92. The maximum atomic E-state index is 12.3. The molecule has 1 heterocycles. The third kappa shape index (κ3) is 6.32. The smallest absolute Gasteiger partial charge is 0.454 e. The molecule has 3 rings (SSSR count). The highest BCUT2D eigenvalue weighted by Gasteiger charge is 2.36. The molecule has 1 aromatic rings. The number of nitrogens with zero attached hydrogens (tertiary/aromatic N) is 1. The number of fused-ring (bicyclic) bond motifs is 1. The number of piperidine rings is 1. The molecule has 1 fully saturated rings. The summed E-state index contributed by atoms with van der Waals surface area (Å²) in [6.45, 7) is 0.288. The Morgan fingerprint density at radius 2 is 1.84 bits per heavy atom. The Bertz CT molecular complexity index is 845. The number of hydrogen-bond acceptors (Lipinski definition) is 5. The maximum Gasteiger partial charge on any atom is 0.454 e. The summed E-state index contributed by atoms with van der Waals surface area (Å²) >= 11 is 0. The van der Waals surface area contributed by atoms with E-state index in [0.717, 1.165) is 31.0 Å². The molecule has 0 radical (unpaired) electrons. The first-order valence-corrected chi connectivity index (χ1v) is 10.3. The highest BCUT2D eigenvalue weighted by atomic mass is 19.4. The molecule has 9 heteroatoms. The normalized spacial score (nSPS) is 19.7. The molecule has 1 saturated heterocycles. The van der Waals surface area contributed by atoms with Crippen LogP contribution >= 0.6 is 0 Å². The molecule has 2 aliphatic rings. The van der Waals surface area contributed by atoms with E-state index in [2.05, 4.69) is 5.32 Å². The highest BCUT2D eigenvalue weighted by molar-refractivity contribution is 5.94. The lowest BCUT2D eigenvalue weighted by Crippen LogP contribution is -2.37. The fourth-order valence-electron chi connectivity index (χ4n) is 3.95. The van der Waals surface area contributed by atoms with Crippen LogP contribution in [0.15, 0.2) is 36.5 Å². The number of hydrogen-bond donors (Lipinski definition) is 1. The second kappa shape index (κ2) is 9.98. The number of likely N-dealkylation sites (tertiary alicyclic amines) is 1. The predicted octanol–water partition coefficient (Wildman–Crippen LogP) is 3.08. The van der Waals surface area contributed by atoms with Crippen LogP contribution in [0.5, 0.6) is 0 Å². The molecule has 31 heavy (non-hydrogen) atoms. The number of allylic oxidation sites excluding steroid dienone is 1. The average Bonchev–Trinajstić information content (AvgIpc) is 2.75. The van der Waals surface area contributed by atoms with Gasteiger partial charge in [0.1, 0.15) is 0 Å². The standard InChI is InChI=1S/C22H25F3N2O4/c23-22(24,25)19(28)10-13-27-11-8-16(9-12-27)21(30)31-14-20(29)26-18-7-3-5-15-4-1-2-6-17(15)18/h1-2,4,6,10,13,16,18H,3,5,7-9,11-12,14H2,(H,26,29)/b13-10+. The van der Waals surface area contributed by atoms with Crippen LogP contribution in [-0.2, 0) is 25.5 Å². The van der Waals surface area contributed by atoms with Crippen LogP contribution in [0, 0.1) is 5.92 Å². The van der Waals surface area contributed by atoms with Crippen molar-refractivity contribution in [2.75, 3.05) is 19.7 Å². The quantitative estimate of drug-likeness (QED) is 0.546. The number of rotatable bonds is 6. The molecule has 1 aromatic carbocycles. The zero-order valence-corrected chi connectivity index (χ0v) is 17.0. The zero-order chi connectivity index (χ0) is 22.4. The molecular formula is C22H25F3N2O4. The lowest BCUT2D eigenvalue weighted by atomic mass is 9.88. The van der Waals surface area contributed by atoms with Crippen LogP contribution in [0.1, 0.15) is 42.9 Å². The highest BCUT2D eigenvalue weighted by Crippen LogP contribution is 2.29. The molecule has 168 valence electrons. The SMILES string of the molecule is O=C(COC(=O)C1CCN(/C=C/C(=O)C(F)(F)F)CC1)NC1CCCc2ccccc21. The van der Waals surface area contributed by atoms with Crippen molar-refractivity contribution >= 4 is 17.7 Å². The molecule has 1 amide bonds. The number of ether oxygens (including phenoxy) is 1. The zero-order valence-electron chi connectivity index (χ0n) is 17.0. The molecule has 1 aliphatic carbocycles. The van der Waals surface area contributed by atoms with Crippen LogP contribution in [0.3, 0.4) is 0 Å². The first-order valence-electron chi connectivity index (χ1n) is 10.3. The van der Waals surface area contributed by atoms with Gasteiger partial charge in [0, 0.05) is 25.4 Å². The molecule has 1 N–H and O–H groups in total. The lowest BCUT2D eigenvalue weighted by Gasteiger charge is -2.30. The number of esters is 1. The molecule has 6 nitrogen and oxygen atoms in total. The molecule has 0 spiro atoms. The Labute approximate surface area is 178 Å². The van der Waals surface area contributed by atoms with Gasteiger partial charge in [-0.15, -0.1) is 0 Å². The van der Waals surface area contributed by atoms with Crippen LogP contribution in [0.25, 0.3) is 0 Å². The number of aryl methyl sites for hydroxylation is 1. The summed E-state index contributed by atoms with van der Waals surface area (Å²) in [4.78, 5) is 37.0. The van der Waals surface area contributed by atoms with Crippen molar-refractivity contribution in [2.24, 2.45) is 5.92 Å². The Kier molecular flexibility index (Phi) is 7.35. The van der Waals surface area contributed by atoms with E-state index in [1.165, 1.54) is 5.56 Å². The van der Waals surface area contributed by atoms with Gasteiger partial charge in [-0.2, -0.15) is 13.2 Å². The van der Waals surface area contributed by atoms with Gasteiger partial charge in [-0.05, 0) is 43.2 Å². The van der Waals surface area contributed by atoms with Crippen LogP contribution in [0.4, 0.5) is 13.2 Å². The first kappa shape index (κ1) is 22.8. The Hall–Kier alpha value is -2.84. The first-order chi connectivity index (χ1) is 14.7. The van der Waals surface area contributed by atoms with Crippen molar-refractivity contribution in [3.8, 4) is 0 Å². The summed E-state index contributed by atoms with van der Waals surface area (Å²) < 4.78 is 41.8. The minimum absolute atomic E-state index is 0.0920. The van der Waals surface area contributed by atoms with E-state index in [-0.39, 0.29) is 18.6 Å². The lowest BCUT2D eigenvalue weighted by molar-refractivity contribution is -0.165. The third-order valence-corrected chi connectivity index (χ3v) is 5.63. The molecule has 1 unspecified atom stereocenters. The van der Waals surface area contributed by atoms with Crippen molar-refractivity contribution in [2.45, 2.75) is 44.3 Å². The van der Waals surface area contributed by atoms with Crippen molar-refractivity contribution in [1.29, 1.82) is 0 Å². The third-order valence-electron chi connectivity index (χ3n) is 5.63. The monoisotopic (exact) mass is 438 g/mol. The summed E-state index contributed by atoms with van der Waals surface area (Å²) in [5.74, 6) is -3.19. The minimum atomic E-state index is -4.89. The number of halogens is 3. The largest absolute Gasteiger partial charge is 0.455 e. The molecule has 0 bridgehead atoms. The van der Waals surface area contributed by atoms with Gasteiger partial charge in [0.25, 0.3) is 11.7 Å². The molecule has 0 aromatic heterocycles. The summed E-state index contributed by atoms with van der Waals surface area (Å²) in [6.07, 6.45) is 0.249. The van der Waals surface area contributed by atoms with Crippen LogP contribution in [0.2, 0.25) is 0 Å². The Balaban J connectivity index is 1.40. The maximum absolute atomic E-state index is 12.3. The summed E-state index contributed by atoms with van der Waals surface area (Å²) in [5.41, 5.74) is 2.31. The van der Waals surface area contributed by atoms with Gasteiger partial charge >= 0.3 is 12.1 Å². The fourth-order valence-corrected chi connectivity index (χ4v) is 3.95. The van der Waals surface area contributed by atoms with Gasteiger partial charge in [0.05, 0.1) is 12.0 Å². The van der Waals surface area contributed by atoms with Crippen molar-refractivity contribution in [1.82, 2.24) is 10.2 Å². The number of carbonyl (C=O) groups is 3. The predicted molar refractivity (Wildman–Crippen MR) is 106 cm³/mol. The molecule has 1 atom stereocenters. The van der Waals surface area contributed by atoms with Crippen LogP contribution < -0.4 is 5.32 Å². The Morgan fingerprint density at radius 3 is 2.55 bits per heavy atom. The van der Waals surface area contributed by atoms with E-state index in [0.29, 0.717) is 32.0 Å². The number of carbonyl (C=O) groups excluding carboxylic acids is 3. The van der Waals surface area contributed by atoms with Gasteiger partial charge in [-0.1, -0.05) is 24.3 Å².